The Morgan fingerprint density at radius 1 is 1.40 bits per heavy atom. The van der Waals surface area contributed by atoms with Gasteiger partial charge < -0.3 is 0 Å². The first-order valence-corrected chi connectivity index (χ1v) is 5.88. The van der Waals surface area contributed by atoms with E-state index in [0.717, 1.165) is 17.4 Å². The van der Waals surface area contributed by atoms with E-state index in [1.165, 1.54) is 30.4 Å². The van der Waals surface area contributed by atoms with Crippen LogP contribution in [0.3, 0.4) is 0 Å². The summed E-state index contributed by atoms with van der Waals surface area (Å²) >= 11 is 6.18. The lowest BCUT2D eigenvalue weighted by Gasteiger charge is -2.19. The van der Waals surface area contributed by atoms with Gasteiger partial charge in [-0.1, -0.05) is 17.7 Å². The average Bonchev–Trinajstić information content (AvgIpc) is 2.80. The molecule has 0 N–H and O–H groups in total. The summed E-state index contributed by atoms with van der Waals surface area (Å²) in [6.07, 6.45) is 4.69. The maximum absolute atomic E-state index is 11.1. The van der Waals surface area contributed by atoms with E-state index in [9.17, 15) is 4.79 Å². The fourth-order valence-corrected chi connectivity index (χ4v) is 3.50. The zero-order valence-electron chi connectivity index (χ0n) is 8.72. The van der Waals surface area contributed by atoms with Crippen molar-refractivity contribution in [3.63, 3.8) is 0 Å². The molecular weight excluding hydrogens is 208 g/mol. The summed E-state index contributed by atoms with van der Waals surface area (Å²) in [7, 11) is 0. The highest BCUT2D eigenvalue weighted by molar-refractivity contribution is 6.34. The molecule has 0 amide bonds. The Morgan fingerprint density at radius 2 is 2.13 bits per heavy atom. The van der Waals surface area contributed by atoms with E-state index < -0.39 is 0 Å². The number of benzene rings is 1. The Hall–Kier alpha value is -0.820. The van der Waals surface area contributed by atoms with Crippen molar-refractivity contribution < 1.29 is 4.79 Å². The van der Waals surface area contributed by atoms with Gasteiger partial charge in [0.1, 0.15) is 0 Å². The Morgan fingerprint density at radius 3 is 2.87 bits per heavy atom. The number of aryl methyl sites for hydroxylation is 1. The van der Waals surface area contributed by atoms with E-state index in [4.69, 9.17) is 11.6 Å². The van der Waals surface area contributed by atoms with Crippen molar-refractivity contribution in [2.45, 2.75) is 38.0 Å². The monoisotopic (exact) mass is 220 g/mol. The molecule has 1 saturated carbocycles. The van der Waals surface area contributed by atoms with Crippen molar-refractivity contribution in [1.29, 1.82) is 0 Å². The third-order valence-electron chi connectivity index (χ3n) is 3.95. The molecule has 15 heavy (non-hydrogen) atoms. The number of carbonyl (C=O) groups excluding carboxylic acids is 1. The molecule has 0 saturated heterocycles. The Labute approximate surface area is 94.4 Å². The van der Waals surface area contributed by atoms with Gasteiger partial charge in [0.15, 0.2) is 6.29 Å². The Balaban J connectivity index is 2.31. The third kappa shape index (κ3) is 1.13. The van der Waals surface area contributed by atoms with Crippen LogP contribution in [0.2, 0.25) is 5.02 Å². The lowest BCUT2D eigenvalue weighted by molar-refractivity contribution is 0.112. The van der Waals surface area contributed by atoms with Crippen LogP contribution < -0.4 is 0 Å². The number of rotatable bonds is 1. The molecule has 1 nitrogen and oxygen atoms in total. The summed E-state index contributed by atoms with van der Waals surface area (Å²) in [5.74, 6) is 1.29. The van der Waals surface area contributed by atoms with Gasteiger partial charge in [0.05, 0.1) is 5.02 Å². The van der Waals surface area contributed by atoms with Crippen LogP contribution in [0, 0.1) is 6.92 Å². The molecule has 1 aromatic rings. The predicted octanol–water partition coefficient (Wildman–Crippen LogP) is 3.83. The Bertz CT molecular complexity index is 450. The minimum atomic E-state index is 0.600. The molecule has 2 bridgehead atoms. The zero-order valence-corrected chi connectivity index (χ0v) is 9.47. The highest BCUT2D eigenvalue weighted by Crippen LogP contribution is 2.55. The van der Waals surface area contributed by atoms with Gasteiger partial charge in [-0.15, -0.1) is 0 Å². The van der Waals surface area contributed by atoms with Crippen molar-refractivity contribution in [1.82, 2.24) is 0 Å². The molecule has 0 aliphatic heterocycles. The van der Waals surface area contributed by atoms with E-state index >= 15 is 0 Å². The van der Waals surface area contributed by atoms with Crippen LogP contribution in [0.1, 0.15) is 58.1 Å². The average molecular weight is 221 g/mol. The standard InChI is InChI=1S/C13H13ClO/c1-7-4-10-8-2-3-9(5-8)12(10)11(6-15)13(7)14/h4,6,8-9H,2-3,5H2,1H3. The number of aldehydes is 1. The van der Waals surface area contributed by atoms with Gasteiger partial charge >= 0.3 is 0 Å². The quantitative estimate of drug-likeness (QED) is 0.658. The lowest BCUT2D eigenvalue weighted by Crippen LogP contribution is -2.04. The van der Waals surface area contributed by atoms with Crippen molar-refractivity contribution >= 4 is 17.9 Å². The second-order valence-corrected chi connectivity index (χ2v) is 5.13. The smallest absolute Gasteiger partial charge is 0.151 e. The van der Waals surface area contributed by atoms with Crippen LogP contribution in [-0.2, 0) is 0 Å². The van der Waals surface area contributed by atoms with Crippen LogP contribution >= 0.6 is 11.6 Å². The van der Waals surface area contributed by atoms with Gasteiger partial charge in [-0.3, -0.25) is 4.79 Å². The molecule has 3 rings (SSSR count). The van der Waals surface area contributed by atoms with Gasteiger partial charge in [-0.2, -0.15) is 0 Å². The van der Waals surface area contributed by atoms with Crippen LogP contribution in [-0.4, -0.2) is 6.29 Å². The highest BCUT2D eigenvalue weighted by atomic mass is 35.5. The molecule has 2 aliphatic carbocycles. The van der Waals surface area contributed by atoms with Crippen LogP contribution in [0.5, 0.6) is 0 Å². The largest absolute Gasteiger partial charge is 0.298 e. The number of hydrogen-bond donors (Lipinski definition) is 0. The fraction of sp³-hybridized carbons (Fsp3) is 0.462. The molecule has 1 aromatic carbocycles. The molecule has 2 heteroatoms. The topological polar surface area (TPSA) is 17.1 Å². The zero-order chi connectivity index (χ0) is 10.6. The van der Waals surface area contributed by atoms with E-state index in [1.807, 2.05) is 6.92 Å². The van der Waals surface area contributed by atoms with Gasteiger partial charge in [-0.25, -0.2) is 0 Å². The summed E-state index contributed by atoms with van der Waals surface area (Å²) in [6.45, 7) is 1.99. The molecule has 0 heterocycles. The predicted molar refractivity (Wildman–Crippen MR) is 60.9 cm³/mol. The maximum Gasteiger partial charge on any atom is 0.151 e. The van der Waals surface area contributed by atoms with Crippen LogP contribution in [0.25, 0.3) is 0 Å². The molecule has 0 aromatic heterocycles. The number of hydrogen-bond acceptors (Lipinski definition) is 1. The SMILES string of the molecule is Cc1cc2c(c(C=O)c1Cl)C1CCC2C1. The second-order valence-electron chi connectivity index (χ2n) is 4.75. The summed E-state index contributed by atoms with van der Waals surface area (Å²) in [5, 5.41) is 0.663. The molecular formula is C13H13ClO. The highest BCUT2D eigenvalue weighted by Gasteiger charge is 2.39. The van der Waals surface area contributed by atoms with Gasteiger partial charge in [0.2, 0.25) is 0 Å². The van der Waals surface area contributed by atoms with E-state index in [0.29, 0.717) is 16.9 Å². The minimum absolute atomic E-state index is 0.600. The molecule has 2 unspecified atom stereocenters. The first-order chi connectivity index (χ1) is 7.22. The van der Waals surface area contributed by atoms with Gasteiger partial charge in [0.25, 0.3) is 0 Å². The molecule has 2 atom stereocenters. The van der Waals surface area contributed by atoms with Gasteiger partial charge in [-0.05, 0) is 54.7 Å². The third-order valence-corrected chi connectivity index (χ3v) is 4.46. The maximum atomic E-state index is 11.1. The van der Waals surface area contributed by atoms with Crippen LogP contribution in [0.15, 0.2) is 6.07 Å². The number of fused-ring (bicyclic) bond motifs is 5. The summed E-state index contributed by atoms with van der Waals surface area (Å²) in [4.78, 5) is 11.1. The van der Waals surface area contributed by atoms with Crippen molar-refractivity contribution in [2.75, 3.05) is 0 Å². The number of carbonyl (C=O) groups is 1. The van der Waals surface area contributed by atoms with Gasteiger partial charge in [0, 0.05) is 5.56 Å². The molecule has 78 valence electrons. The normalized spacial score (nSPS) is 26.8. The van der Waals surface area contributed by atoms with Crippen molar-refractivity contribution in [3.8, 4) is 0 Å². The molecule has 1 fully saturated rings. The summed E-state index contributed by atoms with van der Waals surface area (Å²) in [6, 6.07) is 2.19. The minimum Gasteiger partial charge on any atom is -0.298 e. The van der Waals surface area contributed by atoms with E-state index in [-0.39, 0.29) is 0 Å². The summed E-state index contributed by atoms with van der Waals surface area (Å²) in [5.41, 5.74) is 4.47. The van der Waals surface area contributed by atoms with Crippen molar-refractivity contribution in [3.05, 3.63) is 33.3 Å². The fourth-order valence-electron chi connectivity index (χ4n) is 3.30. The Kier molecular flexibility index (Phi) is 1.93. The van der Waals surface area contributed by atoms with Crippen LogP contribution in [0.4, 0.5) is 0 Å². The molecule has 2 aliphatic rings. The first-order valence-electron chi connectivity index (χ1n) is 5.50. The molecule has 0 spiro atoms. The molecule has 0 radical (unpaired) electrons. The van der Waals surface area contributed by atoms with E-state index in [2.05, 4.69) is 6.07 Å². The first kappa shape index (κ1) is 9.41. The second kappa shape index (κ2) is 3.08. The number of halogens is 1. The van der Waals surface area contributed by atoms with E-state index in [1.54, 1.807) is 0 Å². The summed E-state index contributed by atoms with van der Waals surface area (Å²) < 4.78 is 0. The van der Waals surface area contributed by atoms with Crippen molar-refractivity contribution in [2.24, 2.45) is 0 Å². The lowest BCUT2D eigenvalue weighted by atomic mass is 9.87.